The molecule has 8 heteroatoms. The molecule has 1 aromatic rings. The average Bonchev–Trinajstić information content (AvgIpc) is 2.94. The van der Waals surface area contributed by atoms with Gasteiger partial charge in [0, 0.05) is 18.8 Å². The van der Waals surface area contributed by atoms with E-state index in [1.54, 1.807) is 18.2 Å². The van der Waals surface area contributed by atoms with E-state index in [-0.39, 0.29) is 22.6 Å². The molecule has 0 aromatic heterocycles. The van der Waals surface area contributed by atoms with E-state index in [2.05, 4.69) is 4.74 Å². The minimum Gasteiger partial charge on any atom is -0.512 e. The Labute approximate surface area is 157 Å². The van der Waals surface area contributed by atoms with E-state index in [0.29, 0.717) is 12.8 Å². The van der Waals surface area contributed by atoms with E-state index in [0.717, 1.165) is 7.11 Å². The van der Waals surface area contributed by atoms with Crippen LogP contribution in [0.15, 0.2) is 46.6 Å². The molecule has 1 aliphatic carbocycles. The van der Waals surface area contributed by atoms with Gasteiger partial charge in [-0.3, -0.25) is 4.79 Å². The number of cyclic esters (lactones) is 1. The number of hydrogen-bond donors (Lipinski definition) is 1. The van der Waals surface area contributed by atoms with Crippen molar-refractivity contribution in [2.45, 2.75) is 48.4 Å². The molecule has 0 radical (unpaired) electrons. The van der Waals surface area contributed by atoms with Crippen molar-refractivity contribution in [2.24, 2.45) is 5.92 Å². The fourth-order valence-electron chi connectivity index (χ4n) is 4.04. The quantitative estimate of drug-likeness (QED) is 0.764. The highest BCUT2D eigenvalue weighted by Gasteiger charge is 2.67. The molecule has 1 heterocycles. The molecular weight excluding hydrogens is 372 g/mol. The van der Waals surface area contributed by atoms with Crippen molar-refractivity contribution in [1.29, 1.82) is 0 Å². The molecule has 1 saturated heterocycles. The third kappa shape index (κ3) is 2.82. The number of hydrogen-bond acceptors (Lipinski definition) is 7. The first-order valence-corrected chi connectivity index (χ1v) is 10.3. The van der Waals surface area contributed by atoms with Crippen molar-refractivity contribution >= 4 is 21.8 Å². The molecule has 0 spiro atoms. The van der Waals surface area contributed by atoms with Gasteiger partial charge < -0.3 is 14.6 Å². The zero-order chi connectivity index (χ0) is 19.8. The molecule has 27 heavy (non-hydrogen) atoms. The first-order valence-electron chi connectivity index (χ1n) is 8.79. The first-order chi connectivity index (χ1) is 12.8. The minimum atomic E-state index is -4.19. The summed E-state index contributed by atoms with van der Waals surface area (Å²) in [5.41, 5.74) is -0.192. The molecule has 0 saturated carbocycles. The van der Waals surface area contributed by atoms with E-state index in [1.807, 2.05) is 6.92 Å². The largest absolute Gasteiger partial charge is 0.512 e. The van der Waals surface area contributed by atoms with Gasteiger partial charge in [-0.1, -0.05) is 31.5 Å². The molecule has 0 amide bonds. The number of aliphatic hydroxyl groups is 1. The monoisotopic (exact) mass is 394 g/mol. The minimum absolute atomic E-state index is 0.0188. The van der Waals surface area contributed by atoms with Gasteiger partial charge in [0.1, 0.15) is 11.9 Å². The van der Waals surface area contributed by atoms with Gasteiger partial charge in [0.05, 0.1) is 17.6 Å². The Hall–Kier alpha value is -2.35. The third-order valence-corrected chi connectivity index (χ3v) is 7.86. The number of carbonyl (C=O) groups excluding carboxylic acids is 2. The van der Waals surface area contributed by atoms with Crippen LogP contribution in [0.25, 0.3) is 0 Å². The van der Waals surface area contributed by atoms with Crippen LogP contribution in [-0.2, 0) is 28.9 Å². The Morgan fingerprint density at radius 2 is 2.00 bits per heavy atom. The second-order valence-corrected chi connectivity index (χ2v) is 9.05. The van der Waals surface area contributed by atoms with Crippen molar-refractivity contribution < 1.29 is 32.6 Å². The van der Waals surface area contributed by atoms with Crippen LogP contribution in [0, 0.1) is 5.92 Å². The number of aliphatic hydroxyl groups excluding tert-OH is 1. The number of rotatable bonds is 5. The van der Waals surface area contributed by atoms with Crippen molar-refractivity contribution in [2.75, 3.05) is 7.11 Å². The lowest BCUT2D eigenvalue weighted by Gasteiger charge is -2.36. The Morgan fingerprint density at radius 1 is 1.33 bits per heavy atom. The zero-order valence-electron chi connectivity index (χ0n) is 15.2. The number of methoxy groups -OCH3 is 1. The predicted molar refractivity (Wildman–Crippen MR) is 95.5 cm³/mol. The van der Waals surface area contributed by atoms with Crippen LogP contribution >= 0.6 is 0 Å². The lowest BCUT2D eigenvalue weighted by molar-refractivity contribution is -0.143. The molecule has 1 aliphatic heterocycles. The van der Waals surface area contributed by atoms with E-state index in [9.17, 15) is 23.1 Å². The summed E-state index contributed by atoms with van der Waals surface area (Å²) >= 11 is 0. The maximum absolute atomic E-state index is 13.6. The molecule has 2 aliphatic rings. The Bertz CT molecular complexity index is 888. The Kier molecular flexibility index (Phi) is 5.03. The lowest BCUT2D eigenvalue weighted by atomic mass is 9.76. The highest BCUT2D eigenvalue weighted by Crippen LogP contribution is 2.52. The van der Waals surface area contributed by atoms with Gasteiger partial charge in [0.15, 0.2) is 14.6 Å². The fraction of sp³-hybridized carbons (Fsp3) is 0.474. The number of allylic oxidation sites excluding steroid dienone is 1. The van der Waals surface area contributed by atoms with Crippen molar-refractivity contribution in [3.8, 4) is 0 Å². The molecule has 0 bridgehead atoms. The predicted octanol–water partition coefficient (Wildman–Crippen LogP) is 2.32. The number of carbonyl (C=O) groups is 2. The summed E-state index contributed by atoms with van der Waals surface area (Å²) in [5.74, 6) is -2.74. The van der Waals surface area contributed by atoms with Crippen LogP contribution in [-0.4, -0.2) is 43.4 Å². The molecule has 3 rings (SSSR count). The topological polar surface area (TPSA) is 107 Å². The highest BCUT2D eigenvalue weighted by molar-refractivity contribution is 7.93. The van der Waals surface area contributed by atoms with Crippen LogP contribution in [0.5, 0.6) is 0 Å². The lowest BCUT2D eigenvalue weighted by Crippen LogP contribution is -2.52. The number of fused-ring (bicyclic) bond motifs is 1. The van der Waals surface area contributed by atoms with Gasteiger partial charge in [-0.2, -0.15) is 0 Å². The molecule has 0 unspecified atom stereocenters. The zero-order valence-corrected chi connectivity index (χ0v) is 16.0. The second-order valence-electron chi connectivity index (χ2n) is 6.84. The van der Waals surface area contributed by atoms with Gasteiger partial charge >= 0.3 is 11.9 Å². The number of esters is 2. The highest BCUT2D eigenvalue weighted by atomic mass is 32.2. The van der Waals surface area contributed by atoms with Crippen LogP contribution < -0.4 is 0 Å². The number of benzene rings is 1. The second kappa shape index (κ2) is 6.99. The maximum atomic E-state index is 13.6. The molecule has 7 nitrogen and oxygen atoms in total. The maximum Gasteiger partial charge on any atom is 0.337 e. The van der Waals surface area contributed by atoms with E-state index in [4.69, 9.17) is 4.74 Å². The SMILES string of the molecule is CCC[C@H]1OC(=O)[C@]2(S(=O)(=O)c3ccccc3)CC(C(=O)OC)=C(O)C[C@H]12. The van der Waals surface area contributed by atoms with Crippen LogP contribution in [0.2, 0.25) is 0 Å². The summed E-state index contributed by atoms with van der Waals surface area (Å²) in [5, 5.41) is 10.4. The van der Waals surface area contributed by atoms with Gasteiger partial charge in [-0.05, 0) is 18.6 Å². The summed E-state index contributed by atoms with van der Waals surface area (Å²) in [7, 11) is -3.05. The first kappa shape index (κ1) is 19.4. The Morgan fingerprint density at radius 3 is 2.59 bits per heavy atom. The fourth-order valence-corrected chi connectivity index (χ4v) is 6.21. The standard InChI is InChI=1S/C19H22O7S/c1-3-7-16-14-10-15(20)13(17(21)25-2)11-19(14,18(22)26-16)27(23,24)12-8-5-4-6-9-12/h4-6,8-9,14,16,20H,3,7,10-11H2,1-2H3/t14-,16-,19+/m1/s1. The van der Waals surface area contributed by atoms with Crippen molar-refractivity contribution in [3.05, 3.63) is 41.7 Å². The molecule has 1 N–H and O–H groups in total. The van der Waals surface area contributed by atoms with Crippen LogP contribution in [0.4, 0.5) is 0 Å². The molecule has 1 aromatic carbocycles. The number of ether oxygens (including phenoxy) is 2. The molecule has 1 fully saturated rings. The van der Waals surface area contributed by atoms with Crippen LogP contribution in [0.3, 0.4) is 0 Å². The third-order valence-electron chi connectivity index (χ3n) is 5.39. The van der Waals surface area contributed by atoms with Gasteiger partial charge in [-0.15, -0.1) is 0 Å². The summed E-state index contributed by atoms with van der Waals surface area (Å²) in [4.78, 5) is 25.0. The molecular formula is C19H22O7S. The molecule has 146 valence electrons. The van der Waals surface area contributed by atoms with Crippen molar-refractivity contribution in [1.82, 2.24) is 0 Å². The summed E-state index contributed by atoms with van der Waals surface area (Å²) in [6.45, 7) is 1.90. The average molecular weight is 394 g/mol. The molecule has 3 atom stereocenters. The van der Waals surface area contributed by atoms with E-state index in [1.165, 1.54) is 12.1 Å². The van der Waals surface area contributed by atoms with E-state index < -0.39 is 45.0 Å². The summed E-state index contributed by atoms with van der Waals surface area (Å²) in [6, 6.07) is 7.64. The summed E-state index contributed by atoms with van der Waals surface area (Å²) in [6.07, 6.45) is -0.0743. The summed E-state index contributed by atoms with van der Waals surface area (Å²) < 4.78 is 35.3. The number of sulfone groups is 1. The normalized spacial score (nSPS) is 27.9. The van der Waals surface area contributed by atoms with Gasteiger partial charge in [-0.25, -0.2) is 13.2 Å². The smallest absolute Gasteiger partial charge is 0.337 e. The van der Waals surface area contributed by atoms with Crippen molar-refractivity contribution in [3.63, 3.8) is 0 Å². The van der Waals surface area contributed by atoms with Crippen LogP contribution in [0.1, 0.15) is 32.6 Å². The van der Waals surface area contributed by atoms with E-state index >= 15 is 0 Å². The van der Waals surface area contributed by atoms with Gasteiger partial charge in [0.2, 0.25) is 0 Å². The van der Waals surface area contributed by atoms with Gasteiger partial charge in [0.25, 0.3) is 0 Å². The Balaban J connectivity index is 2.21.